The third-order valence-corrected chi connectivity index (χ3v) is 0.565. The molecule has 6 heavy (non-hydrogen) atoms. The second-order valence-electron chi connectivity index (χ2n) is 0.836. The third-order valence-electron chi connectivity index (χ3n) is 0.188. The first-order valence-corrected chi connectivity index (χ1v) is 1.86. The molecular weight excluding hydrogens is 106 g/mol. The van der Waals surface area contributed by atoms with Crippen LogP contribution in [0.25, 0.3) is 0 Å². The Balaban J connectivity index is 0. The standard InChI is InChI=1S/C3H5ClO.FH/c1-3(5)2-4;/h2H2,1H3;1H. The fourth-order valence-corrected chi connectivity index (χ4v) is 0. The lowest BCUT2D eigenvalue weighted by atomic mass is 10.5. The number of Topliss-reactive ketones (excluding diaryl/α,β-unsaturated/α-hetero) is 1. The Morgan fingerprint density at radius 2 is 2.00 bits per heavy atom. The Bertz CT molecular complexity index is 46.1. The summed E-state index contributed by atoms with van der Waals surface area (Å²) in [7, 11) is 0. The quantitative estimate of drug-likeness (QED) is 0.462. The van der Waals surface area contributed by atoms with E-state index in [0.29, 0.717) is 0 Å². The molecule has 0 aromatic rings. The summed E-state index contributed by atoms with van der Waals surface area (Å²) >= 11 is 4.99. The molecule has 0 aromatic carbocycles. The number of hydrogen-bond donors (Lipinski definition) is 0. The number of carbonyl (C=O) groups is 1. The van der Waals surface area contributed by atoms with Gasteiger partial charge in [-0.3, -0.25) is 9.50 Å². The van der Waals surface area contributed by atoms with Crippen molar-refractivity contribution < 1.29 is 9.50 Å². The average Bonchev–Trinajstić information content (AvgIpc) is 1.38. The Morgan fingerprint density at radius 3 is 2.00 bits per heavy atom. The first-order chi connectivity index (χ1) is 2.27. The van der Waals surface area contributed by atoms with E-state index in [0.717, 1.165) is 0 Å². The number of ketones is 1. The second kappa shape index (κ2) is 4.89. The van der Waals surface area contributed by atoms with Crippen molar-refractivity contribution in [2.24, 2.45) is 0 Å². The molecule has 0 N–H and O–H groups in total. The molecule has 0 rings (SSSR count). The number of alkyl halides is 1. The molecule has 0 radical (unpaired) electrons. The summed E-state index contributed by atoms with van der Waals surface area (Å²) in [6.07, 6.45) is 0. The maximum atomic E-state index is 9.68. The lowest BCUT2D eigenvalue weighted by Gasteiger charge is -1.69. The molecule has 38 valence electrons. The van der Waals surface area contributed by atoms with Gasteiger partial charge in [-0.25, -0.2) is 0 Å². The van der Waals surface area contributed by atoms with Crippen LogP contribution in [0.4, 0.5) is 4.70 Å². The van der Waals surface area contributed by atoms with Crippen molar-refractivity contribution in [3.8, 4) is 0 Å². The molecule has 0 saturated heterocycles. The van der Waals surface area contributed by atoms with E-state index in [9.17, 15) is 4.79 Å². The van der Waals surface area contributed by atoms with Crippen LogP contribution in [0.15, 0.2) is 0 Å². The lowest BCUT2D eigenvalue weighted by molar-refractivity contribution is -0.114. The van der Waals surface area contributed by atoms with Crippen LogP contribution in [0.1, 0.15) is 6.92 Å². The highest BCUT2D eigenvalue weighted by molar-refractivity contribution is 6.27. The van der Waals surface area contributed by atoms with Gasteiger partial charge in [0.1, 0.15) is 5.78 Å². The van der Waals surface area contributed by atoms with Gasteiger partial charge in [0, 0.05) is 0 Å². The molecule has 0 aliphatic carbocycles. The van der Waals surface area contributed by atoms with Gasteiger partial charge in [0.15, 0.2) is 0 Å². The first-order valence-electron chi connectivity index (χ1n) is 1.32. The minimum Gasteiger partial charge on any atom is -0.299 e. The van der Waals surface area contributed by atoms with Gasteiger partial charge >= 0.3 is 0 Å². The van der Waals surface area contributed by atoms with Crippen molar-refractivity contribution >= 4 is 17.4 Å². The minimum atomic E-state index is 0. The highest BCUT2D eigenvalue weighted by atomic mass is 35.5. The van der Waals surface area contributed by atoms with E-state index >= 15 is 0 Å². The number of hydrogen-bond acceptors (Lipinski definition) is 1. The van der Waals surface area contributed by atoms with Crippen LogP contribution >= 0.6 is 11.6 Å². The largest absolute Gasteiger partial charge is 0.299 e. The zero-order valence-electron chi connectivity index (χ0n) is 3.40. The molecule has 0 fully saturated rings. The molecule has 0 amide bonds. The number of carbonyl (C=O) groups excluding carboxylic acids is 1. The van der Waals surface area contributed by atoms with Gasteiger partial charge in [-0.1, -0.05) is 0 Å². The van der Waals surface area contributed by atoms with Gasteiger partial charge in [0.05, 0.1) is 5.88 Å². The molecule has 0 saturated carbocycles. The SMILES string of the molecule is CC(=O)CCl.F. The Morgan fingerprint density at radius 1 is 1.83 bits per heavy atom. The second-order valence-corrected chi connectivity index (χ2v) is 1.10. The fourth-order valence-electron chi connectivity index (χ4n) is 0. The van der Waals surface area contributed by atoms with E-state index in [1.807, 2.05) is 0 Å². The smallest absolute Gasteiger partial charge is 0.144 e. The molecule has 0 spiro atoms. The van der Waals surface area contributed by atoms with Gasteiger partial charge in [-0.15, -0.1) is 11.6 Å². The highest BCUT2D eigenvalue weighted by Gasteiger charge is 1.79. The van der Waals surface area contributed by atoms with Crippen LogP contribution in [0.2, 0.25) is 0 Å². The van der Waals surface area contributed by atoms with Crippen LogP contribution < -0.4 is 0 Å². The van der Waals surface area contributed by atoms with E-state index in [-0.39, 0.29) is 16.4 Å². The van der Waals surface area contributed by atoms with Gasteiger partial charge in [0.2, 0.25) is 0 Å². The summed E-state index contributed by atoms with van der Waals surface area (Å²) in [4.78, 5) is 9.68. The first kappa shape index (κ1) is 9.31. The maximum absolute atomic E-state index is 9.68. The van der Waals surface area contributed by atoms with E-state index < -0.39 is 0 Å². The summed E-state index contributed by atoms with van der Waals surface area (Å²) in [6.45, 7) is 1.45. The molecular formula is C3H6ClFO. The highest BCUT2D eigenvalue weighted by Crippen LogP contribution is 1.71. The number of rotatable bonds is 1. The van der Waals surface area contributed by atoms with Crippen LogP contribution in [0.5, 0.6) is 0 Å². The van der Waals surface area contributed by atoms with E-state index in [4.69, 9.17) is 11.6 Å². The zero-order chi connectivity index (χ0) is 4.28. The third kappa shape index (κ3) is 9.10. The molecule has 0 aromatic heterocycles. The van der Waals surface area contributed by atoms with Gasteiger partial charge in [-0.05, 0) is 6.92 Å². The van der Waals surface area contributed by atoms with Crippen molar-refractivity contribution in [2.75, 3.05) is 5.88 Å². The fraction of sp³-hybridized carbons (Fsp3) is 0.667. The van der Waals surface area contributed by atoms with E-state index in [1.165, 1.54) is 6.92 Å². The van der Waals surface area contributed by atoms with Crippen molar-refractivity contribution in [3.05, 3.63) is 0 Å². The summed E-state index contributed by atoms with van der Waals surface area (Å²) in [5.41, 5.74) is 0. The molecule has 0 aliphatic heterocycles. The Kier molecular flexibility index (Phi) is 7.59. The summed E-state index contributed by atoms with van der Waals surface area (Å²) < 4.78 is 0. The summed E-state index contributed by atoms with van der Waals surface area (Å²) in [5, 5.41) is 0. The summed E-state index contributed by atoms with van der Waals surface area (Å²) in [6, 6.07) is 0. The molecule has 1 nitrogen and oxygen atoms in total. The average molecular weight is 113 g/mol. The van der Waals surface area contributed by atoms with Gasteiger partial charge < -0.3 is 0 Å². The lowest BCUT2D eigenvalue weighted by Crippen LogP contribution is -1.86. The molecule has 0 heterocycles. The molecule has 0 atom stereocenters. The normalized spacial score (nSPS) is 6.33. The van der Waals surface area contributed by atoms with Crippen molar-refractivity contribution in [1.82, 2.24) is 0 Å². The van der Waals surface area contributed by atoms with E-state index in [2.05, 4.69) is 0 Å². The zero-order valence-corrected chi connectivity index (χ0v) is 4.16. The van der Waals surface area contributed by atoms with Gasteiger partial charge in [-0.2, -0.15) is 0 Å². The van der Waals surface area contributed by atoms with Crippen molar-refractivity contribution in [3.63, 3.8) is 0 Å². The van der Waals surface area contributed by atoms with Crippen LogP contribution in [0, 0.1) is 0 Å². The van der Waals surface area contributed by atoms with Crippen LogP contribution in [-0.4, -0.2) is 11.7 Å². The molecule has 0 unspecified atom stereocenters. The molecule has 0 bridgehead atoms. The molecule has 3 heteroatoms. The molecule has 0 aliphatic rings. The van der Waals surface area contributed by atoms with Gasteiger partial charge in [0.25, 0.3) is 0 Å². The van der Waals surface area contributed by atoms with Crippen molar-refractivity contribution in [2.45, 2.75) is 6.92 Å². The Hall–Kier alpha value is -0.110. The predicted octanol–water partition coefficient (Wildman–Crippen LogP) is 0.967. The Labute approximate surface area is 40.7 Å². The number of halogens is 2. The predicted molar refractivity (Wildman–Crippen MR) is 23.9 cm³/mol. The maximum Gasteiger partial charge on any atom is 0.144 e. The van der Waals surface area contributed by atoms with Crippen LogP contribution in [0.3, 0.4) is 0 Å². The van der Waals surface area contributed by atoms with Crippen molar-refractivity contribution in [1.29, 1.82) is 0 Å². The van der Waals surface area contributed by atoms with E-state index in [1.54, 1.807) is 0 Å². The van der Waals surface area contributed by atoms with Crippen LogP contribution in [-0.2, 0) is 4.79 Å². The minimum absolute atomic E-state index is 0. The monoisotopic (exact) mass is 112 g/mol. The summed E-state index contributed by atoms with van der Waals surface area (Å²) in [5.74, 6) is 0.159. The topological polar surface area (TPSA) is 17.1 Å².